The van der Waals surface area contributed by atoms with Crippen molar-refractivity contribution in [1.82, 2.24) is 10.2 Å². The van der Waals surface area contributed by atoms with Gasteiger partial charge in [0.2, 0.25) is 18.6 Å². The van der Waals surface area contributed by atoms with Crippen molar-refractivity contribution in [2.75, 3.05) is 38.9 Å². The van der Waals surface area contributed by atoms with E-state index < -0.39 is 0 Å². The highest BCUT2D eigenvalue weighted by Gasteiger charge is 2.36. The molecule has 0 spiro atoms. The van der Waals surface area contributed by atoms with Gasteiger partial charge < -0.3 is 24.6 Å². The number of rotatable bonds is 6. The molecule has 0 saturated carbocycles. The standard InChI is InChI=1S/C23H27N3O4/c1-15-4-6-16(7-5-15)19(25(2)3)12-24-23(28)17-10-22(27)26(13-17)18-8-9-20-21(11-18)30-14-29-20/h4-9,11,17,19H,10,12-14H2,1-3H3,(H,24,28). The van der Waals surface area contributed by atoms with Crippen LogP contribution in [0.25, 0.3) is 0 Å². The second-order valence-electron chi connectivity index (χ2n) is 8.08. The van der Waals surface area contributed by atoms with E-state index in [1.54, 1.807) is 17.0 Å². The van der Waals surface area contributed by atoms with E-state index in [1.807, 2.05) is 20.2 Å². The van der Waals surface area contributed by atoms with E-state index in [0.717, 1.165) is 11.3 Å². The predicted molar refractivity (Wildman–Crippen MR) is 114 cm³/mol. The summed E-state index contributed by atoms with van der Waals surface area (Å²) in [7, 11) is 3.99. The van der Waals surface area contributed by atoms with Gasteiger partial charge in [0, 0.05) is 31.3 Å². The molecule has 2 aliphatic heterocycles. The molecule has 0 aliphatic carbocycles. The van der Waals surface area contributed by atoms with Gasteiger partial charge in [0.15, 0.2) is 11.5 Å². The number of amides is 2. The molecule has 1 fully saturated rings. The summed E-state index contributed by atoms with van der Waals surface area (Å²) >= 11 is 0. The van der Waals surface area contributed by atoms with E-state index in [-0.39, 0.29) is 37.0 Å². The highest BCUT2D eigenvalue weighted by Crippen LogP contribution is 2.37. The predicted octanol–water partition coefficient (Wildman–Crippen LogP) is 2.50. The van der Waals surface area contributed by atoms with E-state index in [1.165, 1.54) is 5.56 Å². The molecule has 0 radical (unpaired) electrons. The Morgan fingerprint density at radius 1 is 1.17 bits per heavy atom. The molecule has 0 aromatic heterocycles. The van der Waals surface area contributed by atoms with Crippen LogP contribution in [0.5, 0.6) is 11.5 Å². The number of likely N-dealkylation sites (N-methyl/N-ethyl adjacent to an activating group) is 1. The first kappa shape index (κ1) is 20.2. The lowest BCUT2D eigenvalue weighted by molar-refractivity contribution is -0.126. The number of benzene rings is 2. The Kier molecular flexibility index (Phi) is 5.63. The van der Waals surface area contributed by atoms with Gasteiger partial charge in [-0.1, -0.05) is 29.8 Å². The molecule has 0 bridgehead atoms. The molecular formula is C23H27N3O4. The zero-order chi connectivity index (χ0) is 21.3. The summed E-state index contributed by atoms with van der Waals surface area (Å²) in [6, 6.07) is 13.8. The fraction of sp³-hybridized carbons (Fsp3) is 0.391. The van der Waals surface area contributed by atoms with Crippen molar-refractivity contribution < 1.29 is 19.1 Å². The Bertz CT molecular complexity index is 942. The first-order chi connectivity index (χ1) is 14.4. The van der Waals surface area contributed by atoms with Crippen molar-refractivity contribution in [1.29, 1.82) is 0 Å². The second kappa shape index (κ2) is 8.36. The molecule has 1 N–H and O–H groups in total. The Morgan fingerprint density at radius 3 is 2.63 bits per heavy atom. The largest absolute Gasteiger partial charge is 0.454 e. The van der Waals surface area contributed by atoms with Crippen LogP contribution in [0.2, 0.25) is 0 Å². The minimum absolute atomic E-state index is 0.0586. The molecule has 30 heavy (non-hydrogen) atoms. The van der Waals surface area contributed by atoms with Crippen LogP contribution in [0.3, 0.4) is 0 Å². The maximum absolute atomic E-state index is 12.8. The fourth-order valence-electron chi connectivity index (χ4n) is 3.91. The van der Waals surface area contributed by atoms with E-state index >= 15 is 0 Å². The Labute approximate surface area is 176 Å². The van der Waals surface area contributed by atoms with Crippen LogP contribution in [-0.2, 0) is 9.59 Å². The summed E-state index contributed by atoms with van der Waals surface area (Å²) in [5, 5.41) is 3.05. The van der Waals surface area contributed by atoms with Gasteiger partial charge >= 0.3 is 0 Å². The Balaban J connectivity index is 1.39. The number of hydrogen-bond donors (Lipinski definition) is 1. The van der Waals surface area contributed by atoms with Crippen molar-refractivity contribution in [2.24, 2.45) is 5.92 Å². The van der Waals surface area contributed by atoms with Crippen molar-refractivity contribution in [3.05, 3.63) is 53.6 Å². The van der Waals surface area contributed by atoms with Crippen molar-refractivity contribution in [2.45, 2.75) is 19.4 Å². The lowest BCUT2D eigenvalue weighted by atomic mass is 10.0. The monoisotopic (exact) mass is 409 g/mol. The molecule has 1 saturated heterocycles. The number of ether oxygens (including phenoxy) is 2. The summed E-state index contributed by atoms with van der Waals surface area (Å²) in [5.41, 5.74) is 3.08. The van der Waals surface area contributed by atoms with Crippen molar-refractivity contribution >= 4 is 17.5 Å². The van der Waals surface area contributed by atoms with Crippen molar-refractivity contribution in [3.8, 4) is 11.5 Å². The minimum Gasteiger partial charge on any atom is -0.454 e. The average Bonchev–Trinajstić information content (AvgIpc) is 3.34. The summed E-state index contributed by atoms with van der Waals surface area (Å²) < 4.78 is 10.7. The van der Waals surface area contributed by atoms with Gasteiger partial charge in [0.1, 0.15) is 0 Å². The van der Waals surface area contributed by atoms with Gasteiger partial charge in [-0.2, -0.15) is 0 Å². The number of nitrogens with one attached hydrogen (secondary N) is 1. The number of anilines is 1. The van der Waals surface area contributed by atoms with Gasteiger partial charge in [-0.05, 0) is 38.7 Å². The molecule has 2 aliphatic rings. The quantitative estimate of drug-likeness (QED) is 0.794. The van der Waals surface area contributed by atoms with Crippen LogP contribution in [0, 0.1) is 12.8 Å². The van der Waals surface area contributed by atoms with Gasteiger partial charge in [-0.25, -0.2) is 0 Å². The molecule has 2 amide bonds. The van der Waals surface area contributed by atoms with E-state index in [0.29, 0.717) is 24.6 Å². The number of hydrogen-bond acceptors (Lipinski definition) is 5. The number of fused-ring (bicyclic) bond motifs is 1. The molecule has 7 heteroatoms. The molecule has 2 atom stereocenters. The fourth-order valence-corrected chi connectivity index (χ4v) is 3.91. The van der Waals surface area contributed by atoms with Crippen LogP contribution in [-0.4, -0.2) is 50.7 Å². The third kappa shape index (κ3) is 4.11. The highest BCUT2D eigenvalue weighted by atomic mass is 16.7. The number of aryl methyl sites for hydroxylation is 1. The van der Waals surface area contributed by atoms with Gasteiger partial charge in [0.25, 0.3) is 0 Å². The molecular weight excluding hydrogens is 382 g/mol. The lowest BCUT2D eigenvalue weighted by Crippen LogP contribution is -2.38. The highest BCUT2D eigenvalue weighted by molar-refractivity contribution is 6.00. The summed E-state index contributed by atoms with van der Waals surface area (Å²) in [6.07, 6.45) is 0.206. The topological polar surface area (TPSA) is 71.1 Å². The maximum Gasteiger partial charge on any atom is 0.231 e. The molecule has 2 unspecified atom stereocenters. The molecule has 2 aromatic carbocycles. The third-order valence-electron chi connectivity index (χ3n) is 5.72. The SMILES string of the molecule is Cc1ccc(C(CNC(=O)C2CC(=O)N(c3ccc4c(c3)OCO4)C2)N(C)C)cc1. The van der Waals surface area contributed by atoms with E-state index in [9.17, 15) is 9.59 Å². The maximum atomic E-state index is 12.8. The van der Waals surface area contributed by atoms with E-state index in [4.69, 9.17) is 9.47 Å². The third-order valence-corrected chi connectivity index (χ3v) is 5.72. The zero-order valence-electron chi connectivity index (χ0n) is 17.6. The van der Waals surface area contributed by atoms with Gasteiger partial charge in [0.05, 0.1) is 12.0 Å². The number of carbonyl (C=O) groups is 2. The van der Waals surface area contributed by atoms with Gasteiger partial charge in [-0.15, -0.1) is 0 Å². The van der Waals surface area contributed by atoms with Crippen LogP contribution in [0.4, 0.5) is 5.69 Å². The minimum atomic E-state index is -0.372. The number of carbonyl (C=O) groups excluding carboxylic acids is 2. The number of nitrogens with zero attached hydrogens (tertiary/aromatic N) is 2. The average molecular weight is 409 g/mol. The van der Waals surface area contributed by atoms with Crippen LogP contribution >= 0.6 is 0 Å². The van der Waals surface area contributed by atoms with Gasteiger partial charge in [-0.3, -0.25) is 9.59 Å². The first-order valence-corrected chi connectivity index (χ1v) is 10.1. The summed E-state index contributed by atoms with van der Waals surface area (Å²) in [6.45, 7) is 3.09. The van der Waals surface area contributed by atoms with Crippen molar-refractivity contribution in [3.63, 3.8) is 0 Å². The lowest BCUT2D eigenvalue weighted by Gasteiger charge is -2.26. The molecule has 158 valence electrons. The summed E-state index contributed by atoms with van der Waals surface area (Å²) in [5.74, 6) is 0.775. The first-order valence-electron chi connectivity index (χ1n) is 10.1. The van der Waals surface area contributed by atoms with Crippen LogP contribution in [0.1, 0.15) is 23.6 Å². The Morgan fingerprint density at radius 2 is 1.90 bits per heavy atom. The molecule has 4 rings (SSSR count). The normalized spacial score (nSPS) is 18.7. The molecule has 2 heterocycles. The van der Waals surface area contributed by atoms with E-state index in [2.05, 4.69) is 41.4 Å². The molecule has 7 nitrogen and oxygen atoms in total. The second-order valence-corrected chi connectivity index (χ2v) is 8.08. The van der Waals surface area contributed by atoms with Crippen LogP contribution in [0.15, 0.2) is 42.5 Å². The summed E-state index contributed by atoms with van der Waals surface area (Å²) in [4.78, 5) is 29.1. The molecule has 2 aromatic rings. The smallest absolute Gasteiger partial charge is 0.231 e. The zero-order valence-corrected chi connectivity index (χ0v) is 17.6. The Hall–Kier alpha value is -3.06. The van der Waals surface area contributed by atoms with Crippen LogP contribution < -0.4 is 19.7 Å².